The number of rotatable bonds is 5. The molecule has 3 atom stereocenters. The fourth-order valence-corrected chi connectivity index (χ4v) is 2.53. The highest BCUT2D eigenvalue weighted by Gasteiger charge is 2.36. The van der Waals surface area contributed by atoms with Crippen molar-refractivity contribution in [2.45, 2.75) is 38.0 Å². The Labute approximate surface area is 97.7 Å². The molecule has 5 heteroatoms. The second-order valence-electron chi connectivity index (χ2n) is 4.88. The number of likely N-dealkylation sites (tertiary alicyclic amines) is 1. The van der Waals surface area contributed by atoms with E-state index in [2.05, 4.69) is 9.80 Å². The van der Waals surface area contributed by atoms with Gasteiger partial charge in [-0.15, -0.1) is 0 Å². The second-order valence-corrected chi connectivity index (χ2v) is 4.88. The molecule has 3 unspecified atom stereocenters. The Hall–Kier alpha value is -0.650. The van der Waals surface area contributed by atoms with Crippen molar-refractivity contribution in [1.82, 2.24) is 9.80 Å². The molecule has 0 saturated carbocycles. The molecule has 0 amide bonds. The SMILES string of the molecule is CCC(C(=N)N)N1CC(O)CC1CN(C)C. The van der Waals surface area contributed by atoms with E-state index in [9.17, 15) is 5.11 Å². The van der Waals surface area contributed by atoms with Crippen LogP contribution in [0.15, 0.2) is 0 Å². The third kappa shape index (κ3) is 3.17. The van der Waals surface area contributed by atoms with E-state index in [0.717, 1.165) is 19.4 Å². The number of hydrogen-bond acceptors (Lipinski definition) is 4. The molecule has 1 aliphatic heterocycles. The van der Waals surface area contributed by atoms with E-state index in [0.29, 0.717) is 12.6 Å². The smallest absolute Gasteiger partial charge is 0.108 e. The van der Waals surface area contributed by atoms with Crippen molar-refractivity contribution < 1.29 is 5.11 Å². The lowest BCUT2D eigenvalue weighted by molar-refractivity contribution is 0.158. The summed E-state index contributed by atoms with van der Waals surface area (Å²) in [5.41, 5.74) is 5.61. The number of hydrogen-bond donors (Lipinski definition) is 3. The van der Waals surface area contributed by atoms with Crippen LogP contribution in [-0.2, 0) is 0 Å². The van der Waals surface area contributed by atoms with Gasteiger partial charge in [0.25, 0.3) is 0 Å². The van der Waals surface area contributed by atoms with Crippen LogP contribution in [-0.4, -0.2) is 66.1 Å². The first-order chi connectivity index (χ1) is 7.45. The topological polar surface area (TPSA) is 76.6 Å². The van der Waals surface area contributed by atoms with E-state index in [4.69, 9.17) is 11.1 Å². The van der Waals surface area contributed by atoms with Gasteiger partial charge >= 0.3 is 0 Å². The van der Waals surface area contributed by atoms with Gasteiger partial charge in [0.05, 0.1) is 12.1 Å². The summed E-state index contributed by atoms with van der Waals surface area (Å²) in [4.78, 5) is 4.29. The second kappa shape index (κ2) is 5.61. The van der Waals surface area contributed by atoms with Crippen molar-refractivity contribution in [1.29, 1.82) is 5.41 Å². The summed E-state index contributed by atoms with van der Waals surface area (Å²) >= 11 is 0. The number of nitrogens with two attached hydrogens (primary N) is 1. The van der Waals surface area contributed by atoms with Gasteiger partial charge in [-0.1, -0.05) is 6.92 Å². The van der Waals surface area contributed by atoms with Crippen LogP contribution in [0.4, 0.5) is 0 Å². The predicted molar refractivity (Wildman–Crippen MR) is 65.7 cm³/mol. The van der Waals surface area contributed by atoms with Crippen molar-refractivity contribution in [3.8, 4) is 0 Å². The molecule has 1 heterocycles. The lowest BCUT2D eigenvalue weighted by Crippen LogP contribution is -2.49. The summed E-state index contributed by atoms with van der Waals surface area (Å²) in [6.45, 7) is 3.57. The summed E-state index contributed by atoms with van der Waals surface area (Å²) < 4.78 is 0. The van der Waals surface area contributed by atoms with Gasteiger partial charge in [0, 0.05) is 19.1 Å². The van der Waals surface area contributed by atoms with E-state index in [1.54, 1.807) is 0 Å². The Kier molecular flexibility index (Phi) is 4.70. The van der Waals surface area contributed by atoms with Crippen molar-refractivity contribution in [3.05, 3.63) is 0 Å². The maximum absolute atomic E-state index is 9.74. The molecule has 1 fully saturated rings. The number of amidine groups is 1. The average Bonchev–Trinajstić information content (AvgIpc) is 2.46. The standard InChI is InChI=1S/C11H24N4O/c1-4-10(11(12)13)15-7-9(16)5-8(15)6-14(2)3/h8-10,16H,4-7H2,1-3H3,(H3,12,13). The Morgan fingerprint density at radius 3 is 2.69 bits per heavy atom. The summed E-state index contributed by atoms with van der Waals surface area (Å²) in [5, 5.41) is 17.3. The Morgan fingerprint density at radius 2 is 2.25 bits per heavy atom. The molecule has 1 aliphatic rings. The third-order valence-electron chi connectivity index (χ3n) is 3.16. The first-order valence-corrected chi connectivity index (χ1v) is 5.88. The molecule has 5 nitrogen and oxygen atoms in total. The number of likely N-dealkylation sites (N-methyl/N-ethyl adjacent to an activating group) is 1. The Balaban J connectivity index is 2.71. The lowest BCUT2D eigenvalue weighted by Gasteiger charge is -2.32. The average molecular weight is 228 g/mol. The number of β-amino-alcohol motifs (C(OH)–C–C–N with tert-alkyl or cyclic N) is 1. The third-order valence-corrected chi connectivity index (χ3v) is 3.16. The molecule has 0 aliphatic carbocycles. The summed E-state index contributed by atoms with van der Waals surface area (Å²) in [6.07, 6.45) is 1.33. The molecular weight excluding hydrogens is 204 g/mol. The summed E-state index contributed by atoms with van der Waals surface area (Å²) in [7, 11) is 4.05. The van der Waals surface area contributed by atoms with Gasteiger partial charge in [-0.25, -0.2) is 0 Å². The number of nitrogens with zero attached hydrogens (tertiary/aromatic N) is 2. The summed E-state index contributed by atoms with van der Waals surface area (Å²) in [5.74, 6) is 0.209. The summed E-state index contributed by atoms with van der Waals surface area (Å²) in [6, 6.07) is 0.279. The van der Waals surface area contributed by atoms with Gasteiger partial charge in [0.2, 0.25) is 0 Å². The maximum Gasteiger partial charge on any atom is 0.108 e. The van der Waals surface area contributed by atoms with Crippen LogP contribution < -0.4 is 5.73 Å². The normalized spacial score (nSPS) is 28.6. The zero-order valence-electron chi connectivity index (χ0n) is 10.5. The number of aliphatic hydroxyl groups excluding tert-OH is 1. The molecule has 1 rings (SSSR count). The van der Waals surface area contributed by atoms with Crippen LogP contribution in [0.5, 0.6) is 0 Å². The fourth-order valence-electron chi connectivity index (χ4n) is 2.53. The molecule has 0 aromatic heterocycles. The highest BCUT2D eigenvalue weighted by atomic mass is 16.3. The minimum atomic E-state index is -0.279. The minimum Gasteiger partial charge on any atom is -0.392 e. The first kappa shape index (κ1) is 13.4. The van der Waals surface area contributed by atoms with Gasteiger partial charge in [0.1, 0.15) is 5.84 Å². The molecular formula is C11H24N4O. The fraction of sp³-hybridized carbons (Fsp3) is 0.909. The van der Waals surface area contributed by atoms with Crippen LogP contribution in [0.2, 0.25) is 0 Å². The zero-order chi connectivity index (χ0) is 12.3. The zero-order valence-corrected chi connectivity index (χ0v) is 10.5. The molecule has 0 aromatic carbocycles. The van der Waals surface area contributed by atoms with E-state index in [1.165, 1.54) is 0 Å². The van der Waals surface area contributed by atoms with E-state index in [-0.39, 0.29) is 18.0 Å². The van der Waals surface area contributed by atoms with E-state index < -0.39 is 0 Å². The Bertz CT molecular complexity index is 244. The molecule has 16 heavy (non-hydrogen) atoms. The molecule has 0 radical (unpaired) electrons. The number of nitrogens with one attached hydrogen (secondary N) is 1. The van der Waals surface area contributed by atoms with Crippen molar-refractivity contribution >= 4 is 5.84 Å². The van der Waals surface area contributed by atoms with Gasteiger partial charge in [-0.05, 0) is 26.9 Å². The van der Waals surface area contributed by atoms with Crippen LogP contribution in [0.25, 0.3) is 0 Å². The van der Waals surface area contributed by atoms with Crippen molar-refractivity contribution in [2.75, 3.05) is 27.2 Å². The molecule has 0 aromatic rings. The largest absolute Gasteiger partial charge is 0.392 e. The quantitative estimate of drug-likeness (QED) is 0.446. The van der Waals surface area contributed by atoms with Crippen molar-refractivity contribution in [2.24, 2.45) is 5.73 Å². The van der Waals surface area contributed by atoms with Crippen LogP contribution in [0, 0.1) is 5.41 Å². The maximum atomic E-state index is 9.74. The molecule has 0 bridgehead atoms. The monoisotopic (exact) mass is 228 g/mol. The highest BCUT2D eigenvalue weighted by Crippen LogP contribution is 2.22. The predicted octanol–water partition coefficient (Wildman–Crippen LogP) is -0.302. The van der Waals surface area contributed by atoms with Gasteiger partial charge in [-0.3, -0.25) is 10.3 Å². The molecule has 94 valence electrons. The van der Waals surface area contributed by atoms with Crippen LogP contribution >= 0.6 is 0 Å². The highest BCUT2D eigenvalue weighted by molar-refractivity contribution is 5.82. The van der Waals surface area contributed by atoms with Gasteiger partial charge < -0.3 is 15.7 Å². The van der Waals surface area contributed by atoms with E-state index in [1.807, 2.05) is 21.0 Å². The van der Waals surface area contributed by atoms with E-state index >= 15 is 0 Å². The molecule has 4 N–H and O–H groups in total. The number of aliphatic hydroxyl groups is 1. The molecule has 1 saturated heterocycles. The van der Waals surface area contributed by atoms with Crippen LogP contribution in [0.3, 0.4) is 0 Å². The minimum absolute atomic E-state index is 0.0258. The van der Waals surface area contributed by atoms with Gasteiger partial charge in [0.15, 0.2) is 0 Å². The first-order valence-electron chi connectivity index (χ1n) is 5.88. The Morgan fingerprint density at radius 1 is 1.62 bits per heavy atom. The van der Waals surface area contributed by atoms with Gasteiger partial charge in [-0.2, -0.15) is 0 Å². The lowest BCUT2D eigenvalue weighted by atomic mass is 10.1. The van der Waals surface area contributed by atoms with Crippen molar-refractivity contribution in [3.63, 3.8) is 0 Å². The molecule has 0 spiro atoms. The van der Waals surface area contributed by atoms with Crippen LogP contribution in [0.1, 0.15) is 19.8 Å².